The van der Waals surface area contributed by atoms with Crippen molar-refractivity contribution in [1.29, 1.82) is 0 Å². The Bertz CT molecular complexity index is 1390. The number of anilines is 2. The molecule has 0 aromatic heterocycles. The Morgan fingerprint density at radius 1 is 1.03 bits per heavy atom. The van der Waals surface area contributed by atoms with E-state index in [2.05, 4.69) is 0 Å². The van der Waals surface area contributed by atoms with Crippen LogP contribution < -0.4 is 19.3 Å². The minimum absolute atomic E-state index is 0.00897. The summed E-state index contributed by atoms with van der Waals surface area (Å²) in [6, 6.07) is 19.3. The second kappa shape index (κ2) is 10.2. The van der Waals surface area contributed by atoms with Gasteiger partial charge in [0, 0.05) is 31.0 Å². The Balaban J connectivity index is 1.64. The van der Waals surface area contributed by atoms with E-state index in [1.807, 2.05) is 93.5 Å². The maximum absolute atomic E-state index is 13.5. The number of carbonyl (C=O) groups is 2. The van der Waals surface area contributed by atoms with Gasteiger partial charge in [-0.2, -0.15) is 0 Å². The van der Waals surface area contributed by atoms with E-state index in [-0.39, 0.29) is 17.4 Å². The molecule has 1 unspecified atom stereocenters. The molecule has 2 aliphatic rings. The first kappa shape index (κ1) is 25.4. The number of benzene rings is 3. The second-order valence-electron chi connectivity index (χ2n) is 10.1. The van der Waals surface area contributed by atoms with Crippen LogP contribution in [-0.4, -0.2) is 43.6 Å². The van der Waals surface area contributed by atoms with E-state index in [9.17, 15) is 14.7 Å². The van der Waals surface area contributed by atoms with Crippen molar-refractivity contribution in [3.8, 4) is 11.5 Å². The maximum atomic E-state index is 13.5. The average molecular weight is 513 g/mol. The van der Waals surface area contributed by atoms with E-state index in [0.29, 0.717) is 29.2 Å². The van der Waals surface area contributed by atoms with Crippen molar-refractivity contribution in [3.63, 3.8) is 0 Å². The van der Waals surface area contributed by atoms with E-state index in [4.69, 9.17) is 9.47 Å². The molecule has 3 aromatic carbocycles. The molecule has 1 saturated heterocycles. The summed E-state index contributed by atoms with van der Waals surface area (Å²) >= 11 is 0. The fourth-order valence-corrected chi connectivity index (χ4v) is 4.99. The van der Waals surface area contributed by atoms with Gasteiger partial charge in [-0.15, -0.1) is 0 Å². The SMILES string of the molecule is CC(C)Oc1ccc(C2/C(=C(/O)c3ccc4c(c3)CCCO4)C(=O)C(=O)N2c2ccc(N(C)C)cc2)cc1. The van der Waals surface area contributed by atoms with Gasteiger partial charge in [0.05, 0.1) is 24.3 Å². The number of rotatable bonds is 6. The summed E-state index contributed by atoms with van der Waals surface area (Å²) in [5.74, 6) is -0.132. The van der Waals surface area contributed by atoms with Crippen LogP contribution in [0.3, 0.4) is 0 Å². The summed E-state index contributed by atoms with van der Waals surface area (Å²) in [5.41, 5.74) is 3.75. The molecule has 7 nitrogen and oxygen atoms in total. The third-order valence-corrected chi connectivity index (χ3v) is 6.84. The summed E-state index contributed by atoms with van der Waals surface area (Å²) in [4.78, 5) is 30.4. The monoisotopic (exact) mass is 512 g/mol. The van der Waals surface area contributed by atoms with Crippen LogP contribution in [0.4, 0.5) is 11.4 Å². The molecule has 3 aromatic rings. The number of Topliss-reactive ketones (excluding diaryl/α,β-unsaturated/α-hetero) is 1. The largest absolute Gasteiger partial charge is 0.507 e. The van der Waals surface area contributed by atoms with Crippen molar-refractivity contribution >= 4 is 28.8 Å². The number of carbonyl (C=O) groups excluding carboxylic acids is 2. The van der Waals surface area contributed by atoms with E-state index in [1.165, 1.54) is 4.90 Å². The highest BCUT2D eigenvalue weighted by atomic mass is 16.5. The van der Waals surface area contributed by atoms with Gasteiger partial charge in [-0.3, -0.25) is 14.5 Å². The molecule has 2 heterocycles. The number of nitrogens with zero attached hydrogens (tertiary/aromatic N) is 2. The van der Waals surface area contributed by atoms with Crippen LogP contribution in [0.1, 0.15) is 43.0 Å². The minimum atomic E-state index is -0.805. The van der Waals surface area contributed by atoms with Gasteiger partial charge in [0.15, 0.2) is 0 Å². The van der Waals surface area contributed by atoms with Gasteiger partial charge in [-0.25, -0.2) is 0 Å². The van der Waals surface area contributed by atoms with Gasteiger partial charge in [-0.1, -0.05) is 12.1 Å². The van der Waals surface area contributed by atoms with Crippen LogP contribution in [0.5, 0.6) is 11.5 Å². The zero-order valence-corrected chi connectivity index (χ0v) is 22.1. The highest BCUT2D eigenvalue weighted by Crippen LogP contribution is 2.43. The predicted octanol–water partition coefficient (Wildman–Crippen LogP) is 5.49. The molecule has 0 radical (unpaired) electrons. The molecule has 1 atom stereocenters. The summed E-state index contributed by atoms with van der Waals surface area (Å²) < 4.78 is 11.5. The fourth-order valence-electron chi connectivity index (χ4n) is 4.99. The van der Waals surface area contributed by atoms with Crippen molar-refractivity contribution in [3.05, 3.63) is 89.0 Å². The molecule has 38 heavy (non-hydrogen) atoms. The van der Waals surface area contributed by atoms with Crippen molar-refractivity contribution in [2.75, 3.05) is 30.5 Å². The highest BCUT2D eigenvalue weighted by Gasteiger charge is 2.47. The number of ether oxygens (including phenoxy) is 2. The molecule has 1 N–H and O–H groups in total. The molecule has 1 fully saturated rings. The Hall–Kier alpha value is -4.26. The molecule has 0 saturated carbocycles. The number of fused-ring (bicyclic) bond motifs is 1. The summed E-state index contributed by atoms with van der Waals surface area (Å²) in [7, 11) is 3.87. The van der Waals surface area contributed by atoms with Gasteiger partial charge >= 0.3 is 0 Å². The van der Waals surface area contributed by atoms with E-state index < -0.39 is 17.7 Å². The normalized spacial score (nSPS) is 18.3. The van der Waals surface area contributed by atoms with Crippen molar-refractivity contribution in [2.24, 2.45) is 0 Å². The zero-order valence-electron chi connectivity index (χ0n) is 22.1. The molecular formula is C31H32N2O5. The lowest BCUT2D eigenvalue weighted by Gasteiger charge is -2.26. The predicted molar refractivity (Wildman–Crippen MR) is 148 cm³/mol. The molecule has 0 bridgehead atoms. The fraction of sp³-hybridized carbons (Fsp3) is 0.290. The zero-order chi connectivity index (χ0) is 27.0. The first-order chi connectivity index (χ1) is 18.2. The van der Waals surface area contributed by atoms with Crippen LogP contribution in [0, 0.1) is 0 Å². The van der Waals surface area contributed by atoms with Crippen LogP contribution in [0.15, 0.2) is 72.3 Å². The number of amides is 1. The second-order valence-corrected chi connectivity index (χ2v) is 10.1. The molecular weight excluding hydrogens is 480 g/mol. The van der Waals surface area contributed by atoms with Crippen molar-refractivity contribution in [1.82, 2.24) is 0 Å². The quantitative estimate of drug-likeness (QED) is 0.267. The van der Waals surface area contributed by atoms with Crippen LogP contribution in [0.25, 0.3) is 5.76 Å². The number of hydrogen-bond acceptors (Lipinski definition) is 6. The van der Waals surface area contributed by atoms with Gasteiger partial charge < -0.3 is 19.5 Å². The molecule has 2 aliphatic heterocycles. The number of ketones is 1. The third kappa shape index (κ3) is 4.72. The summed E-state index contributed by atoms with van der Waals surface area (Å²) in [6.07, 6.45) is 1.72. The van der Waals surface area contributed by atoms with Crippen LogP contribution >= 0.6 is 0 Å². The van der Waals surface area contributed by atoms with Gasteiger partial charge in [0.1, 0.15) is 17.3 Å². The lowest BCUT2D eigenvalue weighted by atomic mass is 9.93. The molecule has 7 heteroatoms. The number of hydrogen-bond donors (Lipinski definition) is 1. The number of aliphatic hydroxyl groups excluding tert-OH is 1. The minimum Gasteiger partial charge on any atom is -0.507 e. The van der Waals surface area contributed by atoms with E-state index >= 15 is 0 Å². The standard InChI is InChI=1S/C31H32N2O5/c1-19(2)38-25-14-7-20(8-15-25)28-27(29(34)22-9-16-26-21(18-22)6-5-17-37-26)30(35)31(36)33(28)24-12-10-23(11-13-24)32(3)4/h7-16,18-19,28,34H,5-6,17H2,1-4H3/b29-27-. The molecule has 5 rings (SSSR count). The first-order valence-corrected chi connectivity index (χ1v) is 12.9. The van der Waals surface area contributed by atoms with Crippen molar-refractivity contribution in [2.45, 2.75) is 38.8 Å². The van der Waals surface area contributed by atoms with Gasteiger partial charge in [0.2, 0.25) is 0 Å². The Morgan fingerprint density at radius 3 is 2.39 bits per heavy atom. The van der Waals surface area contributed by atoms with Crippen molar-refractivity contribution < 1.29 is 24.2 Å². The maximum Gasteiger partial charge on any atom is 0.300 e. The smallest absolute Gasteiger partial charge is 0.300 e. The molecule has 196 valence electrons. The Morgan fingerprint density at radius 2 is 1.74 bits per heavy atom. The molecule has 0 aliphatic carbocycles. The molecule has 1 amide bonds. The average Bonchev–Trinajstić information content (AvgIpc) is 3.18. The van der Waals surface area contributed by atoms with E-state index in [0.717, 1.165) is 29.8 Å². The summed E-state index contributed by atoms with van der Waals surface area (Å²) in [6.45, 7) is 4.56. The molecule has 0 spiro atoms. The highest BCUT2D eigenvalue weighted by molar-refractivity contribution is 6.51. The van der Waals surface area contributed by atoms with Gasteiger partial charge in [0.25, 0.3) is 11.7 Å². The van der Waals surface area contributed by atoms with Gasteiger partial charge in [-0.05, 0) is 92.4 Å². The topological polar surface area (TPSA) is 79.3 Å². The van der Waals surface area contributed by atoms with Crippen LogP contribution in [0.2, 0.25) is 0 Å². The summed E-state index contributed by atoms with van der Waals surface area (Å²) in [5, 5.41) is 11.5. The van der Waals surface area contributed by atoms with E-state index in [1.54, 1.807) is 6.07 Å². The number of aliphatic hydroxyl groups is 1. The Labute approximate surface area is 222 Å². The van der Waals surface area contributed by atoms with Crippen LogP contribution in [-0.2, 0) is 16.0 Å². The lowest BCUT2D eigenvalue weighted by Crippen LogP contribution is -2.29. The Kier molecular flexibility index (Phi) is 6.85. The third-order valence-electron chi connectivity index (χ3n) is 6.84. The first-order valence-electron chi connectivity index (χ1n) is 12.9. The lowest BCUT2D eigenvalue weighted by molar-refractivity contribution is -0.132. The number of aryl methyl sites for hydroxylation is 1.